The van der Waals surface area contributed by atoms with Crippen molar-refractivity contribution in [2.75, 3.05) is 22.9 Å². The van der Waals surface area contributed by atoms with Crippen LogP contribution in [0.15, 0.2) is 48.7 Å². The number of aromatic nitrogens is 2. The van der Waals surface area contributed by atoms with Crippen molar-refractivity contribution in [1.29, 1.82) is 0 Å². The zero-order valence-corrected chi connectivity index (χ0v) is 22.8. The molecule has 0 unspecified atom stereocenters. The lowest BCUT2D eigenvalue weighted by Crippen LogP contribution is -2.33. The summed E-state index contributed by atoms with van der Waals surface area (Å²) >= 11 is 12.9. The van der Waals surface area contributed by atoms with Gasteiger partial charge in [-0.3, -0.25) is 4.98 Å². The normalized spacial score (nSPS) is 22.8. The van der Waals surface area contributed by atoms with Gasteiger partial charge in [-0.25, -0.2) is 0 Å². The molecular formula is C29H34ClN5S. The highest BCUT2D eigenvalue weighted by Crippen LogP contribution is 2.47. The quantitative estimate of drug-likeness (QED) is 0.371. The first-order valence-electron chi connectivity index (χ1n) is 13.2. The standard InChI is InChI=1S/C29H34ClN5S/c1-18-11-14-33(15-12-18)26-10-9-22(17-24(26)30)35-28(23-16-19(2)34(20(23)3)21-7-8-21)27(32-29(35)36)25-6-4-5-13-31-25/h4-6,9-10,13,16-18,21,27-28H,7-8,11-12,14-15H2,1-3H3,(H,32,36)/t27-,28+/m0/s1. The molecule has 0 amide bonds. The summed E-state index contributed by atoms with van der Waals surface area (Å²) in [7, 11) is 0. The Morgan fingerprint density at radius 1 is 1.03 bits per heavy atom. The topological polar surface area (TPSA) is 36.3 Å². The number of pyridine rings is 1. The summed E-state index contributed by atoms with van der Waals surface area (Å²) in [5.74, 6) is 0.784. The van der Waals surface area contributed by atoms with E-state index >= 15 is 0 Å². The van der Waals surface area contributed by atoms with Crippen molar-refractivity contribution in [2.45, 2.75) is 64.6 Å². The van der Waals surface area contributed by atoms with E-state index in [1.54, 1.807) is 0 Å². The maximum Gasteiger partial charge on any atom is 0.174 e. The van der Waals surface area contributed by atoms with Gasteiger partial charge in [0.25, 0.3) is 0 Å². The third-order valence-electron chi connectivity index (χ3n) is 8.19. The Labute approximate surface area is 224 Å². The fraction of sp³-hybridized carbons (Fsp3) is 0.448. The van der Waals surface area contributed by atoms with Gasteiger partial charge < -0.3 is 19.7 Å². The Hall–Kier alpha value is -2.57. The van der Waals surface area contributed by atoms with Crippen LogP contribution in [0.5, 0.6) is 0 Å². The number of piperidine rings is 1. The van der Waals surface area contributed by atoms with E-state index in [0.717, 1.165) is 41.1 Å². The fourth-order valence-corrected chi connectivity index (χ4v) is 6.74. The first kappa shape index (κ1) is 23.8. The van der Waals surface area contributed by atoms with Crippen molar-refractivity contribution in [3.8, 4) is 0 Å². The largest absolute Gasteiger partial charge is 0.370 e. The number of benzene rings is 1. The summed E-state index contributed by atoms with van der Waals surface area (Å²) in [4.78, 5) is 9.39. The van der Waals surface area contributed by atoms with Crippen LogP contribution in [0, 0.1) is 19.8 Å². The predicted octanol–water partition coefficient (Wildman–Crippen LogP) is 6.90. The number of halogens is 1. The number of hydrogen-bond donors (Lipinski definition) is 1. The molecule has 0 bridgehead atoms. The minimum Gasteiger partial charge on any atom is -0.370 e. The van der Waals surface area contributed by atoms with Crippen LogP contribution in [0.2, 0.25) is 5.02 Å². The molecule has 1 aliphatic carbocycles. The second-order valence-corrected chi connectivity index (χ2v) is 11.5. The number of nitrogens with one attached hydrogen (secondary N) is 1. The molecule has 3 aromatic rings. The number of thiocarbonyl (C=S) groups is 1. The minimum absolute atomic E-state index is 0.0103. The van der Waals surface area contributed by atoms with Crippen LogP contribution in [0.3, 0.4) is 0 Å². The van der Waals surface area contributed by atoms with E-state index in [0.29, 0.717) is 11.2 Å². The summed E-state index contributed by atoms with van der Waals surface area (Å²) in [6.07, 6.45) is 6.80. The monoisotopic (exact) mass is 519 g/mol. The zero-order chi connectivity index (χ0) is 25.0. The third kappa shape index (κ3) is 4.18. The smallest absolute Gasteiger partial charge is 0.174 e. The molecule has 3 aliphatic rings. The zero-order valence-electron chi connectivity index (χ0n) is 21.2. The lowest BCUT2D eigenvalue weighted by atomic mass is 9.96. The van der Waals surface area contributed by atoms with Gasteiger partial charge in [0.15, 0.2) is 5.11 Å². The molecule has 0 radical (unpaired) electrons. The highest BCUT2D eigenvalue weighted by atomic mass is 35.5. The maximum atomic E-state index is 6.93. The lowest BCUT2D eigenvalue weighted by molar-refractivity contribution is 0.438. The van der Waals surface area contributed by atoms with E-state index in [-0.39, 0.29) is 12.1 Å². The van der Waals surface area contributed by atoms with Crippen LogP contribution in [0.4, 0.5) is 11.4 Å². The van der Waals surface area contributed by atoms with Gasteiger partial charge in [0.2, 0.25) is 0 Å². The summed E-state index contributed by atoms with van der Waals surface area (Å²) in [6.45, 7) is 8.93. The summed E-state index contributed by atoms with van der Waals surface area (Å²) in [6, 6.07) is 15.5. The highest BCUT2D eigenvalue weighted by Gasteiger charge is 2.43. The number of nitrogens with zero attached hydrogens (tertiary/aromatic N) is 4. The van der Waals surface area contributed by atoms with Crippen molar-refractivity contribution in [2.24, 2.45) is 5.92 Å². The summed E-state index contributed by atoms with van der Waals surface area (Å²) in [5, 5.41) is 5.10. The molecule has 0 spiro atoms. The van der Waals surface area contributed by atoms with E-state index in [4.69, 9.17) is 28.8 Å². The second-order valence-electron chi connectivity index (χ2n) is 10.7. The molecular weight excluding hydrogens is 486 g/mol. The van der Waals surface area contributed by atoms with Gasteiger partial charge in [0.1, 0.15) is 0 Å². The Morgan fingerprint density at radius 3 is 2.47 bits per heavy atom. The van der Waals surface area contributed by atoms with Crippen LogP contribution in [0.25, 0.3) is 0 Å². The molecule has 3 fully saturated rings. The van der Waals surface area contributed by atoms with E-state index in [2.05, 4.69) is 70.8 Å². The van der Waals surface area contributed by atoms with Gasteiger partial charge in [0, 0.05) is 42.4 Å². The number of hydrogen-bond acceptors (Lipinski definition) is 3. The molecule has 1 saturated carbocycles. The Kier molecular flexibility index (Phi) is 6.21. The molecule has 7 heteroatoms. The molecule has 1 N–H and O–H groups in total. The molecule has 4 heterocycles. The van der Waals surface area contributed by atoms with Crippen LogP contribution in [-0.4, -0.2) is 27.8 Å². The van der Waals surface area contributed by atoms with Crippen molar-refractivity contribution in [3.05, 3.63) is 76.3 Å². The average molecular weight is 520 g/mol. The van der Waals surface area contributed by atoms with E-state index in [9.17, 15) is 0 Å². The number of aryl methyl sites for hydroxylation is 1. The number of rotatable bonds is 5. The van der Waals surface area contributed by atoms with E-state index in [1.165, 1.54) is 42.6 Å². The van der Waals surface area contributed by atoms with Gasteiger partial charge in [-0.2, -0.15) is 0 Å². The number of anilines is 2. The highest BCUT2D eigenvalue weighted by molar-refractivity contribution is 7.80. The average Bonchev–Trinajstić information content (AvgIpc) is 3.58. The first-order valence-corrected chi connectivity index (χ1v) is 13.9. The second kappa shape index (κ2) is 9.38. The van der Waals surface area contributed by atoms with Crippen molar-refractivity contribution in [1.82, 2.24) is 14.9 Å². The Bertz CT molecular complexity index is 1280. The van der Waals surface area contributed by atoms with Crippen LogP contribution >= 0.6 is 23.8 Å². The van der Waals surface area contributed by atoms with Crippen molar-refractivity contribution in [3.63, 3.8) is 0 Å². The van der Waals surface area contributed by atoms with Gasteiger partial charge in [-0.15, -0.1) is 0 Å². The maximum absolute atomic E-state index is 6.93. The predicted molar refractivity (Wildman–Crippen MR) is 152 cm³/mol. The molecule has 6 rings (SSSR count). The fourth-order valence-electron chi connectivity index (χ4n) is 6.10. The minimum atomic E-state index is -0.0473. The van der Waals surface area contributed by atoms with Crippen LogP contribution in [-0.2, 0) is 0 Å². The van der Waals surface area contributed by atoms with Crippen molar-refractivity contribution < 1.29 is 0 Å². The molecule has 2 aromatic heterocycles. The van der Waals surface area contributed by atoms with E-state index in [1.807, 2.05) is 18.3 Å². The van der Waals surface area contributed by atoms with E-state index < -0.39 is 0 Å². The van der Waals surface area contributed by atoms with Crippen molar-refractivity contribution >= 4 is 40.3 Å². The van der Waals surface area contributed by atoms with Gasteiger partial charge in [-0.1, -0.05) is 24.6 Å². The van der Waals surface area contributed by atoms with Gasteiger partial charge >= 0.3 is 0 Å². The third-order valence-corrected chi connectivity index (χ3v) is 8.80. The Balaban J connectivity index is 1.41. The molecule has 188 valence electrons. The molecule has 1 aromatic carbocycles. The van der Waals surface area contributed by atoms with Crippen LogP contribution in [0.1, 0.15) is 73.4 Å². The summed E-state index contributed by atoms with van der Waals surface area (Å²) in [5.41, 5.74) is 7.07. The molecule has 2 atom stereocenters. The SMILES string of the molecule is Cc1cc([C@@H]2[C@H](c3ccccn3)NC(=S)N2c2ccc(N3CCC(C)CC3)c(Cl)c2)c(C)n1C1CC1. The molecule has 5 nitrogen and oxygen atoms in total. The molecule has 2 saturated heterocycles. The van der Waals surface area contributed by atoms with Gasteiger partial charge in [0.05, 0.1) is 28.5 Å². The Morgan fingerprint density at radius 2 is 1.81 bits per heavy atom. The van der Waals surface area contributed by atoms with Gasteiger partial charge in [-0.05, 0) is 99.6 Å². The molecule has 36 heavy (non-hydrogen) atoms. The first-order chi connectivity index (χ1) is 17.4. The summed E-state index contributed by atoms with van der Waals surface area (Å²) < 4.78 is 2.51. The van der Waals surface area contributed by atoms with Crippen LogP contribution < -0.4 is 15.1 Å². The molecule has 2 aliphatic heterocycles. The lowest BCUT2D eigenvalue weighted by Gasteiger charge is -2.33.